The minimum atomic E-state index is -2.01. The quantitative estimate of drug-likeness (QED) is 0.204. The maximum Gasteiger partial charge on any atom is 0.360 e. The molecule has 0 N–H and O–H groups in total. The van der Waals surface area contributed by atoms with Crippen LogP contribution in [0.15, 0.2) is 57.2 Å². The molecule has 0 spiro atoms. The van der Waals surface area contributed by atoms with Crippen LogP contribution in [0.5, 0.6) is 5.75 Å². The Morgan fingerprint density at radius 2 is 1.77 bits per heavy atom. The third-order valence-corrected chi connectivity index (χ3v) is 4.87. The van der Waals surface area contributed by atoms with Crippen molar-refractivity contribution < 1.29 is 28.3 Å². The molecule has 11 heteroatoms. The number of rotatable bonds is 9. The van der Waals surface area contributed by atoms with Crippen LogP contribution in [0.2, 0.25) is 0 Å². The molecule has 2 rings (SSSR count). The largest absolute Gasteiger partial charge is 0.464 e. The van der Waals surface area contributed by atoms with Crippen molar-refractivity contribution in [1.82, 2.24) is 0 Å². The highest BCUT2D eigenvalue weighted by atomic mass is 79.9. The van der Waals surface area contributed by atoms with Crippen LogP contribution in [0.4, 0.5) is 4.39 Å². The van der Waals surface area contributed by atoms with Gasteiger partial charge in [-0.2, -0.15) is 4.39 Å². The first-order chi connectivity index (χ1) is 14.7. The molecule has 0 fully saturated rings. The van der Waals surface area contributed by atoms with Crippen molar-refractivity contribution in [1.29, 1.82) is 0 Å². The molecule has 7 nitrogen and oxygen atoms in total. The predicted molar refractivity (Wildman–Crippen MR) is 127 cm³/mol. The Bertz CT molecular complexity index is 996. The number of esters is 1. The third kappa shape index (κ3) is 7.23. The fraction of sp³-hybridized carbons (Fsp3) is 0.250. The summed E-state index contributed by atoms with van der Waals surface area (Å²) in [5, 5.41) is 5.89. The van der Waals surface area contributed by atoms with E-state index in [4.69, 9.17) is 19.1 Å². The molecule has 166 valence electrons. The van der Waals surface area contributed by atoms with Crippen molar-refractivity contribution in [2.45, 2.75) is 18.9 Å². The Hall–Kier alpha value is -2.08. The molecule has 0 saturated heterocycles. The average molecular weight is 531 g/mol. The van der Waals surface area contributed by atoms with Gasteiger partial charge in [0.15, 0.2) is 5.71 Å². The molecule has 2 aromatic rings. The summed E-state index contributed by atoms with van der Waals surface area (Å²) in [5.74, 6) is -0.349. The van der Waals surface area contributed by atoms with Crippen LogP contribution < -0.4 is 4.74 Å². The molecule has 0 radical (unpaired) electrons. The van der Waals surface area contributed by atoms with Gasteiger partial charge in [-0.3, -0.25) is 0 Å². The van der Waals surface area contributed by atoms with Gasteiger partial charge >= 0.3 is 5.97 Å². The Morgan fingerprint density at radius 3 is 2.42 bits per heavy atom. The van der Waals surface area contributed by atoms with Gasteiger partial charge in [0.05, 0.1) is 12.8 Å². The minimum Gasteiger partial charge on any atom is -0.464 e. The fourth-order valence-electron chi connectivity index (χ4n) is 2.58. The average Bonchev–Trinajstić information content (AvgIpc) is 2.72. The molecular weight excluding hydrogens is 509 g/mol. The molecule has 0 aliphatic carbocycles. The zero-order valence-corrected chi connectivity index (χ0v) is 21.0. The topological polar surface area (TPSA) is 78.7 Å². The van der Waals surface area contributed by atoms with Gasteiger partial charge in [0, 0.05) is 21.2 Å². The van der Waals surface area contributed by atoms with E-state index >= 15 is 0 Å². The maximum atomic E-state index is 13.9. The van der Waals surface area contributed by atoms with Crippen molar-refractivity contribution in [3.05, 3.63) is 63.6 Å². The lowest BCUT2D eigenvalue weighted by atomic mass is 10.0. The lowest BCUT2D eigenvalue weighted by Crippen LogP contribution is -2.19. The standard InChI is InChI=1S/C20H22BrFN2O5P2/c1-12(13-7-4-5-10-17(13)29-20(22,30)31)23-28-11-15-14(8-6-9-16(15)21)18(24-27-3)19(25)26-2/h4-10H,11,30-31H2,1-3H3/b23-12+,24-18+. The number of methoxy groups -OCH3 is 1. The first-order valence-electron chi connectivity index (χ1n) is 8.86. The van der Waals surface area contributed by atoms with Gasteiger partial charge in [0.2, 0.25) is 0 Å². The monoisotopic (exact) mass is 530 g/mol. The number of ether oxygens (including phenoxy) is 2. The Balaban J connectivity index is 2.30. The van der Waals surface area contributed by atoms with E-state index < -0.39 is 11.3 Å². The smallest absolute Gasteiger partial charge is 0.360 e. The van der Waals surface area contributed by atoms with E-state index in [0.717, 1.165) is 0 Å². The number of nitrogens with zero attached hydrogens (tertiary/aromatic N) is 2. The van der Waals surface area contributed by atoms with Crippen LogP contribution in [-0.4, -0.2) is 36.9 Å². The van der Waals surface area contributed by atoms with Crippen LogP contribution in [-0.2, 0) is 25.8 Å². The van der Waals surface area contributed by atoms with Gasteiger partial charge in [-0.15, -0.1) is 0 Å². The van der Waals surface area contributed by atoms with Crippen LogP contribution in [0.1, 0.15) is 23.6 Å². The van der Waals surface area contributed by atoms with Crippen LogP contribution in [0, 0.1) is 0 Å². The Kier molecular flexibility index (Phi) is 9.35. The summed E-state index contributed by atoms with van der Waals surface area (Å²) in [7, 11) is 6.49. The van der Waals surface area contributed by atoms with E-state index in [1.807, 2.05) is 18.5 Å². The number of alkyl halides is 1. The number of para-hydroxylation sites is 1. The zero-order chi connectivity index (χ0) is 23.0. The van der Waals surface area contributed by atoms with Crippen molar-refractivity contribution in [2.75, 3.05) is 14.2 Å². The van der Waals surface area contributed by atoms with E-state index in [1.54, 1.807) is 49.4 Å². The number of carbonyl (C=O) groups excluding carboxylic acids is 1. The third-order valence-electron chi connectivity index (χ3n) is 3.89. The number of halogens is 2. The normalized spacial score (nSPS) is 12.4. The molecule has 0 aliphatic heterocycles. The SMILES string of the molecule is CO/N=C(/C(=O)OC)c1cccc(Br)c1CO/N=C(\C)c1ccccc1OC(F)(P)P. The van der Waals surface area contributed by atoms with Gasteiger partial charge < -0.3 is 19.1 Å². The molecule has 2 aromatic carbocycles. The molecular formula is C20H22BrFN2O5P2. The fourth-order valence-corrected chi connectivity index (χ4v) is 3.31. The van der Waals surface area contributed by atoms with Crippen LogP contribution in [0.3, 0.4) is 0 Å². The number of benzene rings is 2. The maximum absolute atomic E-state index is 13.9. The highest BCUT2D eigenvalue weighted by Gasteiger charge is 2.22. The number of hydrogen-bond donors (Lipinski definition) is 0. The van der Waals surface area contributed by atoms with E-state index in [2.05, 4.69) is 26.2 Å². The molecule has 0 amide bonds. The molecule has 0 heterocycles. The summed E-state index contributed by atoms with van der Waals surface area (Å²) >= 11 is 3.45. The first kappa shape index (κ1) is 25.2. The molecule has 0 saturated carbocycles. The Labute approximate surface area is 192 Å². The number of oxime groups is 2. The summed E-state index contributed by atoms with van der Waals surface area (Å²) < 4.78 is 24.6. The predicted octanol–water partition coefficient (Wildman–Crippen LogP) is 4.62. The summed E-state index contributed by atoms with van der Waals surface area (Å²) in [6, 6.07) is 12.1. The first-order valence-corrected chi connectivity index (χ1v) is 10.8. The second kappa shape index (κ2) is 11.5. The minimum absolute atomic E-state index is 0.00970. The van der Waals surface area contributed by atoms with Gasteiger partial charge in [-0.1, -0.05) is 50.5 Å². The van der Waals surface area contributed by atoms with Gasteiger partial charge in [0.25, 0.3) is 5.34 Å². The van der Waals surface area contributed by atoms with Crippen molar-refractivity contribution in [3.63, 3.8) is 0 Å². The van der Waals surface area contributed by atoms with E-state index in [1.165, 1.54) is 14.2 Å². The van der Waals surface area contributed by atoms with Crippen molar-refractivity contribution in [2.24, 2.45) is 10.3 Å². The van der Waals surface area contributed by atoms with Gasteiger partial charge in [0.1, 0.15) is 19.5 Å². The second-order valence-electron chi connectivity index (χ2n) is 6.13. The summed E-state index contributed by atoms with van der Waals surface area (Å²) in [4.78, 5) is 22.4. The lowest BCUT2D eigenvalue weighted by Gasteiger charge is -2.19. The van der Waals surface area contributed by atoms with E-state index in [-0.39, 0.29) is 12.3 Å². The molecule has 2 atom stereocenters. The molecule has 0 aliphatic rings. The Morgan fingerprint density at radius 1 is 1.10 bits per heavy atom. The highest BCUT2D eigenvalue weighted by Crippen LogP contribution is 2.33. The number of hydrogen-bond acceptors (Lipinski definition) is 7. The van der Waals surface area contributed by atoms with E-state index in [0.29, 0.717) is 32.6 Å². The molecule has 2 unspecified atom stereocenters. The molecule has 0 bridgehead atoms. The lowest BCUT2D eigenvalue weighted by molar-refractivity contribution is -0.132. The van der Waals surface area contributed by atoms with E-state index in [9.17, 15) is 9.18 Å². The van der Waals surface area contributed by atoms with Crippen LogP contribution >= 0.6 is 34.4 Å². The highest BCUT2D eigenvalue weighted by molar-refractivity contribution is 9.10. The summed E-state index contributed by atoms with van der Waals surface area (Å²) in [6.07, 6.45) is 0. The van der Waals surface area contributed by atoms with Crippen molar-refractivity contribution >= 4 is 51.8 Å². The van der Waals surface area contributed by atoms with Gasteiger partial charge in [-0.25, -0.2) is 4.79 Å². The molecule has 31 heavy (non-hydrogen) atoms. The molecule has 0 aromatic heterocycles. The van der Waals surface area contributed by atoms with Crippen molar-refractivity contribution in [3.8, 4) is 5.75 Å². The van der Waals surface area contributed by atoms with Crippen LogP contribution in [0.25, 0.3) is 0 Å². The summed E-state index contributed by atoms with van der Waals surface area (Å²) in [6.45, 7) is 1.72. The van der Waals surface area contributed by atoms with Gasteiger partial charge in [-0.05, 0) is 43.6 Å². The number of carbonyl (C=O) groups is 1. The summed E-state index contributed by atoms with van der Waals surface area (Å²) in [5.41, 5.74) is 2.11. The zero-order valence-electron chi connectivity index (χ0n) is 17.1. The second-order valence-corrected chi connectivity index (χ2v) is 9.22.